The minimum absolute atomic E-state index is 0.118. The third kappa shape index (κ3) is 2.21. The number of rotatable bonds is 2. The van der Waals surface area contributed by atoms with Crippen LogP contribution >= 0.6 is 22.6 Å². The summed E-state index contributed by atoms with van der Waals surface area (Å²) >= 11 is 1.48. The first-order valence-corrected chi connectivity index (χ1v) is 4.84. The summed E-state index contributed by atoms with van der Waals surface area (Å²) in [6, 6.07) is 0. The second kappa shape index (κ2) is 3.94. The summed E-state index contributed by atoms with van der Waals surface area (Å²) < 4.78 is 37.9. The molecule has 0 saturated carbocycles. The topological polar surface area (TPSA) is 61.0 Å². The zero-order valence-electron chi connectivity index (χ0n) is 7.38. The summed E-state index contributed by atoms with van der Waals surface area (Å²) in [5.41, 5.74) is -2.43. The van der Waals surface area contributed by atoms with Gasteiger partial charge in [0, 0.05) is 6.54 Å². The number of halogens is 4. The summed E-state index contributed by atoms with van der Waals surface area (Å²) in [4.78, 5) is 9.40. The molecule has 0 spiro atoms. The SMILES string of the molecule is CCn1nc(C(F)(F)F)c([N+](=O)[O-])c1I. The highest BCUT2D eigenvalue weighted by Gasteiger charge is 2.44. The number of hydrogen-bond acceptors (Lipinski definition) is 3. The van der Waals surface area contributed by atoms with Crippen molar-refractivity contribution in [3.05, 3.63) is 19.5 Å². The Kier molecular flexibility index (Phi) is 3.21. The maximum atomic E-state index is 12.4. The first-order valence-electron chi connectivity index (χ1n) is 3.77. The van der Waals surface area contributed by atoms with E-state index in [0.717, 1.165) is 4.68 Å². The van der Waals surface area contributed by atoms with Crippen LogP contribution in [0.15, 0.2) is 0 Å². The molecule has 0 atom stereocenters. The van der Waals surface area contributed by atoms with Crippen LogP contribution in [0.5, 0.6) is 0 Å². The van der Waals surface area contributed by atoms with Gasteiger partial charge >= 0.3 is 11.9 Å². The number of alkyl halides is 3. The lowest BCUT2D eigenvalue weighted by Gasteiger charge is -2.00. The van der Waals surface area contributed by atoms with E-state index in [1.165, 1.54) is 22.6 Å². The van der Waals surface area contributed by atoms with Crippen LogP contribution in [0.3, 0.4) is 0 Å². The van der Waals surface area contributed by atoms with Crippen LogP contribution in [0, 0.1) is 13.8 Å². The molecule has 1 aromatic rings. The van der Waals surface area contributed by atoms with Gasteiger partial charge in [-0.05, 0) is 29.5 Å². The maximum Gasteiger partial charge on any atom is 0.442 e. The van der Waals surface area contributed by atoms with Crippen molar-refractivity contribution in [2.45, 2.75) is 19.6 Å². The fourth-order valence-electron chi connectivity index (χ4n) is 0.994. The van der Waals surface area contributed by atoms with E-state index in [4.69, 9.17) is 0 Å². The zero-order chi connectivity index (χ0) is 11.8. The van der Waals surface area contributed by atoms with E-state index in [0.29, 0.717) is 0 Å². The predicted molar refractivity (Wildman–Crippen MR) is 52.3 cm³/mol. The monoisotopic (exact) mass is 335 g/mol. The molecule has 0 amide bonds. The van der Waals surface area contributed by atoms with Gasteiger partial charge in [-0.3, -0.25) is 14.8 Å². The van der Waals surface area contributed by atoms with Crippen molar-refractivity contribution < 1.29 is 18.1 Å². The molecule has 9 heteroatoms. The van der Waals surface area contributed by atoms with Crippen LogP contribution < -0.4 is 0 Å². The fraction of sp³-hybridized carbons (Fsp3) is 0.500. The Hall–Kier alpha value is -0.870. The van der Waals surface area contributed by atoms with Gasteiger partial charge in [-0.15, -0.1) is 0 Å². The largest absolute Gasteiger partial charge is 0.442 e. The fourth-order valence-corrected chi connectivity index (χ4v) is 1.90. The lowest BCUT2D eigenvalue weighted by molar-refractivity contribution is -0.389. The van der Waals surface area contributed by atoms with Crippen LogP contribution in [0.2, 0.25) is 0 Å². The molecule has 1 rings (SSSR count). The average Bonchev–Trinajstić information content (AvgIpc) is 2.41. The Morgan fingerprint density at radius 1 is 1.60 bits per heavy atom. The molecule has 0 saturated heterocycles. The van der Waals surface area contributed by atoms with Crippen LogP contribution in [-0.2, 0) is 12.7 Å². The van der Waals surface area contributed by atoms with Gasteiger partial charge in [0.15, 0.2) is 3.70 Å². The summed E-state index contributed by atoms with van der Waals surface area (Å²) in [7, 11) is 0. The normalized spacial score (nSPS) is 11.8. The van der Waals surface area contributed by atoms with Crippen LogP contribution in [0.25, 0.3) is 0 Å². The van der Waals surface area contributed by atoms with Crippen molar-refractivity contribution in [1.82, 2.24) is 9.78 Å². The number of aryl methyl sites for hydroxylation is 1. The highest BCUT2D eigenvalue weighted by molar-refractivity contribution is 14.1. The number of hydrogen-bond donors (Lipinski definition) is 0. The molecule has 0 aliphatic heterocycles. The van der Waals surface area contributed by atoms with E-state index < -0.39 is 22.5 Å². The Morgan fingerprint density at radius 2 is 2.13 bits per heavy atom. The summed E-state index contributed by atoms with van der Waals surface area (Å²) in [6.45, 7) is 1.70. The molecule has 0 N–H and O–H groups in total. The molecule has 0 unspecified atom stereocenters. The van der Waals surface area contributed by atoms with Crippen LogP contribution in [0.1, 0.15) is 12.6 Å². The van der Waals surface area contributed by atoms with E-state index in [-0.39, 0.29) is 10.2 Å². The molecule has 0 fully saturated rings. The van der Waals surface area contributed by atoms with Gasteiger partial charge in [0.2, 0.25) is 5.69 Å². The van der Waals surface area contributed by atoms with Crippen molar-refractivity contribution in [2.24, 2.45) is 0 Å². The predicted octanol–water partition coefficient (Wildman–Crippen LogP) is 2.43. The molecule has 5 nitrogen and oxygen atoms in total. The van der Waals surface area contributed by atoms with Gasteiger partial charge in [-0.1, -0.05) is 0 Å². The van der Waals surface area contributed by atoms with E-state index in [1.54, 1.807) is 6.92 Å². The van der Waals surface area contributed by atoms with E-state index in [1.807, 2.05) is 0 Å². The molecule has 0 aliphatic carbocycles. The highest BCUT2D eigenvalue weighted by Crippen LogP contribution is 2.37. The third-order valence-electron chi connectivity index (χ3n) is 1.62. The van der Waals surface area contributed by atoms with Gasteiger partial charge < -0.3 is 0 Å². The van der Waals surface area contributed by atoms with Gasteiger partial charge in [0.1, 0.15) is 0 Å². The Balaban J connectivity index is 3.45. The van der Waals surface area contributed by atoms with Crippen molar-refractivity contribution in [3.63, 3.8) is 0 Å². The van der Waals surface area contributed by atoms with Crippen LogP contribution in [-0.4, -0.2) is 14.7 Å². The van der Waals surface area contributed by atoms with Crippen molar-refractivity contribution in [2.75, 3.05) is 0 Å². The quantitative estimate of drug-likeness (QED) is 0.474. The molecule has 0 radical (unpaired) electrons. The first-order chi connectivity index (χ1) is 6.79. The maximum absolute atomic E-state index is 12.4. The average molecular weight is 335 g/mol. The first kappa shape index (κ1) is 12.2. The van der Waals surface area contributed by atoms with E-state index >= 15 is 0 Å². The molecular weight excluding hydrogens is 330 g/mol. The Labute approximate surface area is 95.5 Å². The smallest absolute Gasteiger partial charge is 0.258 e. The molecule has 1 heterocycles. The van der Waals surface area contributed by atoms with Crippen molar-refractivity contribution >= 4 is 28.3 Å². The Bertz CT molecular complexity index is 401. The number of nitro groups is 1. The second-order valence-corrected chi connectivity index (χ2v) is 3.58. The molecular formula is C6H5F3IN3O2. The van der Waals surface area contributed by atoms with Crippen molar-refractivity contribution in [1.29, 1.82) is 0 Å². The molecule has 1 aromatic heterocycles. The molecule has 0 bridgehead atoms. The number of aromatic nitrogens is 2. The summed E-state index contributed by atoms with van der Waals surface area (Å²) in [5, 5.41) is 13.6. The van der Waals surface area contributed by atoms with Crippen molar-refractivity contribution in [3.8, 4) is 0 Å². The molecule has 84 valence electrons. The minimum Gasteiger partial charge on any atom is -0.258 e. The Morgan fingerprint density at radius 3 is 2.40 bits per heavy atom. The molecule has 0 aromatic carbocycles. The lowest BCUT2D eigenvalue weighted by atomic mass is 10.4. The summed E-state index contributed by atoms with van der Waals surface area (Å²) in [6.07, 6.45) is -4.80. The lowest BCUT2D eigenvalue weighted by Crippen LogP contribution is -2.09. The molecule has 0 aliphatic rings. The second-order valence-electron chi connectivity index (χ2n) is 2.56. The van der Waals surface area contributed by atoms with Gasteiger partial charge in [0.25, 0.3) is 0 Å². The van der Waals surface area contributed by atoms with Gasteiger partial charge in [-0.2, -0.15) is 18.3 Å². The standard InChI is InChI=1S/C6H5F3IN3O2/c1-2-12-5(10)3(13(14)15)4(11-12)6(7,8)9/h2H2,1H3. The third-order valence-corrected chi connectivity index (χ3v) is 2.69. The van der Waals surface area contributed by atoms with E-state index in [9.17, 15) is 23.3 Å². The minimum atomic E-state index is -4.80. The van der Waals surface area contributed by atoms with E-state index in [2.05, 4.69) is 5.10 Å². The van der Waals surface area contributed by atoms with Gasteiger partial charge in [0.05, 0.1) is 4.92 Å². The van der Waals surface area contributed by atoms with Crippen LogP contribution in [0.4, 0.5) is 18.9 Å². The number of nitrogens with zero attached hydrogens (tertiary/aromatic N) is 3. The van der Waals surface area contributed by atoms with Gasteiger partial charge in [-0.25, -0.2) is 0 Å². The molecule has 15 heavy (non-hydrogen) atoms. The highest BCUT2D eigenvalue weighted by atomic mass is 127. The summed E-state index contributed by atoms with van der Waals surface area (Å²) in [5.74, 6) is 0. The zero-order valence-corrected chi connectivity index (χ0v) is 9.53.